The molecule has 118 valence electrons. The van der Waals surface area contributed by atoms with Crippen LogP contribution in [0.2, 0.25) is 0 Å². The number of hydrogen-bond donors (Lipinski definition) is 2. The summed E-state index contributed by atoms with van der Waals surface area (Å²) in [6, 6.07) is 0. The Hall–Kier alpha value is -0.340. The first-order valence-corrected chi connectivity index (χ1v) is 9.10. The van der Waals surface area contributed by atoms with E-state index in [0.717, 1.165) is 42.4 Å². The van der Waals surface area contributed by atoms with Crippen LogP contribution in [0, 0.1) is 35.0 Å². The zero-order valence-corrected chi connectivity index (χ0v) is 13.3. The van der Waals surface area contributed by atoms with Crippen molar-refractivity contribution in [3.8, 4) is 0 Å². The summed E-state index contributed by atoms with van der Waals surface area (Å²) in [5.41, 5.74) is 1.50. The lowest BCUT2D eigenvalue weighted by Crippen LogP contribution is -2.48. The van der Waals surface area contributed by atoms with E-state index in [1.807, 2.05) is 0 Å². The molecule has 0 bridgehead atoms. The van der Waals surface area contributed by atoms with Gasteiger partial charge in [-0.2, -0.15) is 0 Å². The minimum absolute atomic E-state index is 0.0552. The Morgan fingerprint density at radius 1 is 1.10 bits per heavy atom. The monoisotopic (exact) mass is 290 g/mol. The maximum absolute atomic E-state index is 10.4. The lowest BCUT2D eigenvalue weighted by atomic mass is 9.50. The van der Waals surface area contributed by atoms with Gasteiger partial charge in [-0.25, -0.2) is 0 Å². The van der Waals surface area contributed by atoms with Crippen molar-refractivity contribution in [3.63, 3.8) is 0 Å². The quantitative estimate of drug-likeness (QED) is 0.725. The Labute approximate surface area is 128 Å². The van der Waals surface area contributed by atoms with E-state index in [2.05, 4.69) is 13.0 Å². The topological polar surface area (TPSA) is 40.5 Å². The lowest BCUT2D eigenvalue weighted by molar-refractivity contribution is -0.0749. The summed E-state index contributed by atoms with van der Waals surface area (Å²) in [6.45, 7) is 2.62. The molecule has 2 N–H and O–H groups in total. The molecule has 7 atom stereocenters. The van der Waals surface area contributed by atoms with E-state index in [1.165, 1.54) is 44.1 Å². The summed E-state index contributed by atoms with van der Waals surface area (Å²) >= 11 is 0. The van der Waals surface area contributed by atoms with Crippen LogP contribution in [0.25, 0.3) is 0 Å². The molecule has 0 radical (unpaired) electrons. The fourth-order valence-corrected chi connectivity index (χ4v) is 6.65. The smallest absolute Gasteiger partial charge is 0.0641 e. The van der Waals surface area contributed by atoms with Crippen molar-refractivity contribution in [1.29, 1.82) is 0 Å². The number of aliphatic hydroxyl groups excluding tert-OH is 2. The third-order valence-corrected chi connectivity index (χ3v) is 7.88. The number of hydrogen-bond acceptors (Lipinski definition) is 2. The normalized spacial score (nSPS) is 52.6. The van der Waals surface area contributed by atoms with Gasteiger partial charge in [-0.15, -0.1) is 0 Å². The van der Waals surface area contributed by atoms with Crippen LogP contribution >= 0.6 is 0 Å². The van der Waals surface area contributed by atoms with Crippen molar-refractivity contribution < 1.29 is 10.2 Å². The van der Waals surface area contributed by atoms with Crippen LogP contribution in [0.1, 0.15) is 58.3 Å². The average Bonchev–Trinajstić information content (AvgIpc) is 2.82. The van der Waals surface area contributed by atoms with Crippen molar-refractivity contribution in [2.45, 2.75) is 64.4 Å². The SMILES string of the molecule is C[C@]12CC[C@H]3[C@@H](CC[C@H]4CC=C(CO)C[C@@H]43)[C@@H]1CC[C@@H]2O. The number of aliphatic hydroxyl groups is 2. The third-order valence-electron chi connectivity index (χ3n) is 7.88. The van der Waals surface area contributed by atoms with Gasteiger partial charge < -0.3 is 10.2 Å². The van der Waals surface area contributed by atoms with E-state index >= 15 is 0 Å². The highest BCUT2D eigenvalue weighted by atomic mass is 16.3. The van der Waals surface area contributed by atoms with Gasteiger partial charge in [0.25, 0.3) is 0 Å². The highest BCUT2D eigenvalue weighted by molar-refractivity contribution is 5.13. The number of fused-ring (bicyclic) bond motifs is 5. The molecule has 4 aliphatic carbocycles. The van der Waals surface area contributed by atoms with Crippen molar-refractivity contribution in [3.05, 3.63) is 11.6 Å². The molecule has 0 aromatic carbocycles. The molecular weight excluding hydrogens is 260 g/mol. The van der Waals surface area contributed by atoms with Gasteiger partial charge in [0.15, 0.2) is 0 Å². The first-order chi connectivity index (χ1) is 10.1. The predicted molar refractivity (Wildman–Crippen MR) is 83.7 cm³/mol. The van der Waals surface area contributed by atoms with Gasteiger partial charge in [-0.1, -0.05) is 13.0 Å². The fraction of sp³-hybridized carbons (Fsp3) is 0.895. The Morgan fingerprint density at radius 3 is 2.76 bits per heavy atom. The first-order valence-electron chi connectivity index (χ1n) is 9.10. The molecule has 0 spiro atoms. The Bertz CT molecular complexity index is 443. The fourth-order valence-electron chi connectivity index (χ4n) is 6.65. The highest BCUT2D eigenvalue weighted by Crippen LogP contribution is 2.62. The third kappa shape index (κ3) is 2.05. The van der Waals surface area contributed by atoms with Gasteiger partial charge in [0.05, 0.1) is 12.7 Å². The molecule has 21 heavy (non-hydrogen) atoms. The minimum Gasteiger partial charge on any atom is -0.393 e. The molecule has 0 aromatic heterocycles. The van der Waals surface area contributed by atoms with E-state index in [1.54, 1.807) is 0 Å². The summed E-state index contributed by atoms with van der Waals surface area (Å²) in [7, 11) is 0. The van der Waals surface area contributed by atoms with Crippen LogP contribution < -0.4 is 0 Å². The largest absolute Gasteiger partial charge is 0.393 e. The van der Waals surface area contributed by atoms with Crippen LogP contribution in [0.5, 0.6) is 0 Å². The van der Waals surface area contributed by atoms with Crippen LogP contribution in [0.15, 0.2) is 11.6 Å². The summed E-state index contributed by atoms with van der Waals surface area (Å²) in [5.74, 6) is 4.16. The van der Waals surface area contributed by atoms with Crippen molar-refractivity contribution >= 4 is 0 Å². The molecule has 3 fully saturated rings. The maximum Gasteiger partial charge on any atom is 0.0641 e. The average molecular weight is 290 g/mol. The van der Waals surface area contributed by atoms with Gasteiger partial charge >= 0.3 is 0 Å². The predicted octanol–water partition coefficient (Wildman–Crippen LogP) is 3.53. The standard InChI is InChI=1S/C19H30O2/c1-19-9-8-14-15(17(19)6-7-18(19)21)5-4-13-3-2-12(11-20)10-16(13)14/h2,13-18,20-21H,3-11H2,1H3/t13-,14+,15-,16+,17+,18+,19+/m1/s1. The highest BCUT2D eigenvalue weighted by Gasteiger charge is 2.56. The molecule has 0 unspecified atom stereocenters. The minimum atomic E-state index is -0.0552. The number of allylic oxidation sites excluding steroid dienone is 1. The summed E-state index contributed by atoms with van der Waals surface area (Å²) in [6.07, 6.45) is 12.2. The molecule has 0 heterocycles. The van der Waals surface area contributed by atoms with Crippen LogP contribution in [-0.2, 0) is 0 Å². The Kier molecular flexibility index (Phi) is 3.46. The van der Waals surface area contributed by atoms with E-state index in [-0.39, 0.29) is 18.1 Å². The summed E-state index contributed by atoms with van der Waals surface area (Å²) < 4.78 is 0. The van der Waals surface area contributed by atoms with Crippen LogP contribution in [-0.4, -0.2) is 22.9 Å². The van der Waals surface area contributed by atoms with Crippen LogP contribution in [0.3, 0.4) is 0 Å². The second-order valence-electron chi connectivity index (χ2n) is 8.53. The second kappa shape index (κ2) is 5.09. The van der Waals surface area contributed by atoms with E-state index < -0.39 is 0 Å². The maximum atomic E-state index is 10.4. The molecule has 2 nitrogen and oxygen atoms in total. The van der Waals surface area contributed by atoms with E-state index in [9.17, 15) is 10.2 Å². The molecule has 0 saturated heterocycles. The van der Waals surface area contributed by atoms with E-state index in [0.29, 0.717) is 0 Å². The van der Waals surface area contributed by atoms with Crippen LogP contribution in [0.4, 0.5) is 0 Å². The van der Waals surface area contributed by atoms with Crippen molar-refractivity contribution in [1.82, 2.24) is 0 Å². The van der Waals surface area contributed by atoms with Gasteiger partial charge in [-0.3, -0.25) is 0 Å². The lowest BCUT2D eigenvalue weighted by Gasteiger charge is -2.55. The van der Waals surface area contributed by atoms with Crippen molar-refractivity contribution in [2.24, 2.45) is 35.0 Å². The molecule has 0 aliphatic heterocycles. The van der Waals surface area contributed by atoms with Crippen molar-refractivity contribution in [2.75, 3.05) is 6.61 Å². The molecule has 2 heteroatoms. The van der Waals surface area contributed by atoms with Gasteiger partial charge in [-0.05, 0) is 91.9 Å². The molecule has 4 rings (SSSR count). The van der Waals surface area contributed by atoms with Gasteiger partial charge in [0.2, 0.25) is 0 Å². The summed E-state index contributed by atoms with van der Waals surface area (Å²) in [4.78, 5) is 0. The molecule has 4 aliphatic rings. The van der Waals surface area contributed by atoms with Gasteiger partial charge in [0.1, 0.15) is 0 Å². The molecule has 0 amide bonds. The van der Waals surface area contributed by atoms with E-state index in [4.69, 9.17) is 0 Å². The first kappa shape index (κ1) is 14.3. The van der Waals surface area contributed by atoms with Gasteiger partial charge in [0, 0.05) is 0 Å². The number of rotatable bonds is 1. The second-order valence-corrected chi connectivity index (χ2v) is 8.53. The zero-order chi connectivity index (χ0) is 14.6. The molecular formula is C19H30O2. The Balaban J connectivity index is 1.58. The molecule has 0 aromatic rings. The molecule has 3 saturated carbocycles. The zero-order valence-electron chi connectivity index (χ0n) is 13.3. The summed E-state index contributed by atoms with van der Waals surface area (Å²) in [5, 5.41) is 19.9. The Morgan fingerprint density at radius 2 is 1.95 bits per heavy atom.